The van der Waals surface area contributed by atoms with Crippen LogP contribution in [-0.2, 0) is 0 Å². The van der Waals surface area contributed by atoms with Crippen molar-refractivity contribution in [3.8, 4) is 5.75 Å². The number of nitrogens with one attached hydrogen (secondary N) is 1. The van der Waals surface area contributed by atoms with Crippen LogP contribution < -0.4 is 10.1 Å². The number of halogens is 2. The van der Waals surface area contributed by atoms with Gasteiger partial charge in [0.2, 0.25) is 0 Å². The summed E-state index contributed by atoms with van der Waals surface area (Å²) in [6.45, 7) is 4.96. The summed E-state index contributed by atoms with van der Waals surface area (Å²) in [6.07, 6.45) is 0.507. The molecular formula is C15H23Cl2NO2S. The maximum absolute atomic E-state index is 9.92. The summed E-state index contributed by atoms with van der Waals surface area (Å²) in [5.74, 6) is 2.77. The first-order chi connectivity index (χ1) is 10.0. The van der Waals surface area contributed by atoms with E-state index in [1.807, 2.05) is 11.8 Å². The predicted octanol–water partition coefficient (Wildman–Crippen LogP) is 3.85. The van der Waals surface area contributed by atoms with E-state index in [-0.39, 0.29) is 6.61 Å². The zero-order chi connectivity index (χ0) is 15.7. The maximum atomic E-state index is 9.92. The first-order valence-corrected chi connectivity index (χ1v) is 9.01. The molecule has 3 nitrogen and oxygen atoms in total. The van der Waals surface area contributed by atoms with Gasteiger partial charge in [-0.15, -0.1) is 0 Å². The molecule has 2 atom stereocenters. The lowest BCUT2D eigenvalue weighted by molar-refractivity contribution is 0.104. The van der Waals surface area contributed by atoms with Crippen LogP contribution in [0, 0.1) is 0 Å². The first kappa shape index (κ1) is 18.9. The number of benzene rings is 1. The Balaban J connectivity index is 2.24. The molecule has 1 aromatic carbocycles. The van der Waals surface area contributed by atoms with Gasteiger partial charge in [-0.3, -0.25) is 0 Å². The second kappa shape index (κ2) is 10.6. The highest BCUT2D eigenvalue weighted by Gasteiger charge is 2.10. The number of rotatable bonds is 10. The Morgan fingerprint density at radius 2 is 2.14 bits per heavy atom. The number of hydrogen-bond donors (Lipinski definition) is 2. The topological polar surface area (TPSA) is 41.5 Å². The summed E-state index contributed by atoms with van der Waals surface area (Å²) < 4.78 is 5.50. The highest BCUT2D eigenvalue weighted by Crippen LogP contribution is 2.27. The minimum absolute atomic E-state index is 0.184. The molecule has 120 valence electrons. The summed E-state index contributed by atoms with van der Waals surface area (Å²) in [5.41, 5.74) is 0. The smallest absolute Gasteiger partial charge is 0.139 e. The Hall–Kier alpha value is -0.130. The summed E-state index contributed by atoms with van der Waals surface area (Å²) in [4.78, 5) is 0. The SMILES string of the molecule is CCSCCC(C)NCC(O)COc1cc(Cl)ccc1Cl. The minimum atomic E-state index is -0.582. The molecule has 0 aliphatic heterocycles. The van der Waals surface area contributed by atoms with Crippen molar-refractivity contribution in [2.75, 3.05) is 24.7 Å². The van der Waals surface area contributed by atoms with Crippen molar-refractivity contribution >= 4 is 35.0 Å². The van der Waals surface area contributed by atoms with Crippen LogP contribution in [0.5, 0.6) is 5.75 Å². The number of ether oxygens (including phenoxy) is 1. The molecule has 21 heavy (non-hydrogen) atoms. The fourth-order valence-corrected chi connectivity index (χ4v) is 2.82. The molecule has 6 heteroatoms. The molecule has 0 saturated heterocycles. The Morgan fingerprint density at radius 1 is 1.38 bits per heavy atom. The lowest BCUT2D eigenvalue weighted by Crippen LogP contribution is -2.36. The Kier molecular flexibility index (Phi) is 9.52. The molecule has 0 bridgehead atoms. The van der Waals surface area contributed by atoms with Gasteiger partial charge in [0.25, 0.3) is 0 Å². The molecule has 0 radical (unpaired) electrons. The Bertz CT molecular complexity index is 421. The molecule has 0 spiro atoms. The van der Waals surface area contributed by atoms with Crippen molar-refractivity contribution in [3.63, 3.8) is 0 Å². The van der Waals surface area contributed by atoms with Gasteiger partial charge in [-0.2, -0.15) is 11.8 Å². The third-order valence-electron chi connectivity index (χ3n) is 2.93. The third kappa shape index (κ3) is 8.17. The summed E-state index contributed by atoms with van der Waals surface area (Å²) in [6, 6.07) is 5.41. The quantitative estimate of drug-likeness (QED) is 0.628. The number of aliphatic hydroxyl groups is 1. The highest BCUT2D eigenvalue weighted by atomic mass is 35.5. The van der Waals surface area contributed by atoms with E-state index in [2.05, 4.69) is 19.2 Å². The molecule has 1 rings (SSSR count). The fraction of sp³-hybridized carbons (Fsp3) is 0.600. The molecule has 0 aromatic heterocycles. The highest BCUT2D eigenvalue weighted by molar-refractivity contribution is 7.99. The Morgan fingerprint density at radius 3 is 2.86 bits per heavy atom. The molecule has 0 aliphatic carbocycles. The van der Waals surface area contributed by atoms with Gasteiger partial charge < -0.3 is 15.2 Å². The Labute approximate surface area is 141 Å². The largest absolute Gasteiger partial charge is 0.489 e. The van der Waals surface area contributed by atoms with E-state index in [0.717, 1.165) is 17.9 Å². The average Bonchev–Trinajstić information content (AvgIpc) is 2.46. The second-order valence-electron chi connectivity index (χ2n) is 4.83. The number of thioether (sulfide) groups is 1. The van der Waals surface area contributed by atoms with Crippen LogP contribution in [0.4, 0.5) is 0 Å². The molecule has 0 fully saturated rings. The van der Waals surface area contributed by atoms with Gasteiger partial charge in [-0.05, 0) is 37.0 Å². The third-order valence-corrected chi connectivity index (χ3v) is 4.41. The van der Waals surface area contributed by atoms with E-state index in [1.165, 1.54) is 0 Å². The van der Waals surface area contributed by atoms with Gasteiger partial charge in [0, 0.05) is 23.7 Å². The second-order valence-corrected chi connectivity index (χ2v) is 7.07. The minimum Gasteiger partial charge on any atom is -0.489 e. The van der Waals surface area contributed by atoms with Crippen LogP contribution in [0.15, 0.2) is 18.2 Å². The predicted molar refractivity (Wildman–Crippen MR) is 93.0 cm³/mol. The zero-order valence-electron chi connectivity index (χ0n) is 12.4. The van der Waals surface area contributed by atoms with Crippen LogP contribution in [0.3, 0.4) is 0 Å². The van der Waals surface area contributed by atoms with Gasteiger partial charge in [-0.25, -0.2) is 0 Å². The average molecular weight is 352 g/mol. The maximum Gasteiger partial charge on any atom is 0.139 e. The van der Waals surface area contributed by atoms with Crippen molar-refractivity contribution in [1.82, 2.24) is 5.32 Å². The van der Waals surface area contributed by atoms with Gasteiger partial charge in [0.1, 0.15) is 18.5 Å². The van der Waals surface area contributed by atoms with Gasteiger partial charge in [-0.1, -0.05) is 30.1 Å². The summed E-state index contributed by atoms with van der Waals surface area (Å²) >= 11 is 13.8. The molecule has 0 saturated carbocycles. The molecular weight excluding hydrogens is 329 g/mol. The normalized spacial score (nSPS) is 14.0. The lowest BCUT2D eigenvalue weighted by atomic mass is 10.2. The molecule has 2 N–H and O–H groups in total. The molecule has 0 amide bonds. The van der Waals surface area contributed by atoms with E-state index in [9.17, 15) is 5.11 Å². The van der Waals surface area contributed by atoms with Crippen LogP contribution in [-0.4, -0.2) is 41.9 Å². The monoisotopic (exact) mass is 351 g/mol. The van der Waals surface area contributed by atoms with E-state index in [0.29, 0.717) is 28.4 Å². The van der Waals surface area contributed by atoms with E-state index in [1.54, 1.807) is 18.2 Å². The summed E-state index contributed by atoms with van der Waals surface area (Å²) in [5, 5.41) is 14.3. The van der Waals surface area contributed by atoms with Crippen LogP contribution >= 0.6 is 35.0 Å². The van der Waals surface area contributed by atoms with Crippen molar-refractivity contribution < 1.29 is 9.84 Å². The number of aliphatic hydroxyl groups excluding tert-OH is 1. The lowest BCUT2D eigenvalue weighted by Gasteiger charge is -2.18. The standard InChI is InChI=1S/C15H23Cl2NO2S/c1-3-21-7-6-11(2)18-9-13(19)10-20-15-8-12(16)4-5-14(15)17/h4-5,8,11,13,18-19H,3,6-7,9-10H2,1-2H3. The first-order valence-electron chi connectivity index (χ1n) is 7.10. The van der Waals surface area contributed by atoms with E-state index < -0.39 is 6.10 Å². The summed E-state index contributed by atoms with van der Waals surface area (Å²) in [7, 11) is 0. The van der Waals surface area contributed by atoms with E-state index in [4.69, 9.17) is 27.9 Å². The molecule has 0 heterocycles. The van der Waals surface area contributed by atoms with Crippen LogP contribution in [0.1, 0.15) is 20.3 Å². The number of hydrogen-bond acceptors (Lipinski definition) is 4. The molecule has 2 unspecified atom stereocenters. The van der Waals surface area contributed by atoms with Gasteiger partial charge in [0.05, 0.1) is 5.02 Å². The van der Waals surface area contributed by atoms with Crippen LogP contribution in [0.25, 0.3) is 0 Å². The zero-order valence-corrected chi connectivity index (χ0v) is 14.8. The van der Waals surface area contributed by atoms with Crippen molar-refractivity contribution in [2.24, 2.45) is 0 Å². The van der Waals surface area contributed by atoms with Crippen molar-refractivity contribution in [2.45, 2.75) is 32.4 Å². The van der Waals surface area contributed by atoms with Gasteiger partial charge in [0.15, 0.2) is 0 Å². The molecule has 0 aliphatic rings. The van der Waals surface area contributed by atoms with Crippen LogP contribution in [0.2, 0.25) is 10.0 Å². The van der Waals surface area contributed by atoms with E-state index >= 15 is 0 Å². The molecule has 1 aromatic rings. The fourth-order valence-electron chi connectivity index (χ4n) is 1.68. The van der Waals surface area contributed by atoms with Crippen molar-refractivity contribution in [3.05, 3.63) is 28.2 Å². The van der Waals surface area contributed by atoms with Gasteiger partial charge >= 0.3 is 0 Å². The van der Waals surface area contributed by atoms with Crippen molar-refractivity contribution in [1.29, 1.82) is 0 Å².